The van der Waals surface area contributed by atoms with Gasteiger partial charge in [-0.05, 0) is 38.1 Å². The van der Waals surface area contributed by atoms with E-state index >= 15 is 0 Å². The van der Waals surface area contributed by atoms with Gasteiger partial charge in [-0.2, -0.15) is 0 Å². The lowest BCUT2D eigenvalue weighted by Crippen LogP contribution is -2.13. The van der Waals surface area contributed by atoms with Crippen molar-refractivity contribution >= 4 is 39.7 Å². The molecule has 0 aliphatic heterocycles. The Morgan fingerprint density at radius 2 is 2.04 bits per heavy atom. The van der Waals surface area contributed by atoms with Crippen LogP contribution in [-0.4, -0.2) is 21.0 Å². The summed E-state index contributed by atoms with van der Waals surface area (Å²) in [5.41, 5.74) is 1.98. The van der Waals surface area contributed by atoms with Crippen molar-refractivity contribution in [2.75, 3.05) is 5.32 Å². The Morgan fingerprint density at radius 1 is 1.21 bits per heavy atom. The number of non-ortho nitro benzene ring substituents is 1. The molecule has 9 heteroatoms. The minimum absolute atomic E-state index is 0.103. The van der Waals surface area contributed by atoms with Crippen LogP contribution in [0.2, 0.25) is 0 Å². The van der Waals surface area contributed by atoms with Gasteiger partial charge in [0, 0.05) is 22.7 Å². The number of carbonyl (C=O) groups excluding carboxylic acids is 1. The molecule has 0 aliphatic carbocycles. The molecule has 1 N–H and O–H groups in total. The van der Waals surface area contributed by atoms with E-state index in [0.717, 1.165) is 9.75 Å². The molecule has 1 amide bonds. The van der Waals surface area contributed by atoms with Crippen molar-refractivity contribution in [1.82, 2.24) is 10.1 Å². The van der Waals surface area contributed by atoms with Gasteiger partial charge in [-0.1, -0.05) is 11.2 Å². The number of amides is 1. The Morgan fingerprint density at radius 3 is 2.75 bits per heavy atom. The number of fused-ring (bicyclic) bond motifs is 1. The summed E-state index contributed by atoms with van der Waals surface area (Å²) in [6.45, 7) is 3.72. The Bertz CT molecular complexity index is 1230. The maximum absolute atomic E-state index is 13.0. The van der Waals surface area contributed by atoms with E-state index in [0.29, 0.717) is 28.0 Å². The van der Waals surface area contributed by atoms with E-state index in [1.54, 1.807) is 30.4 Å². The maximum atomic E-state index is 13.0. The molecule has 0 atom stereocenters. The number of benzene rings is 1. The highest BCUT2D eigenvalue weighted by atomic mass is 32.1. The molecule has 4 rings (SSSR count). The molecule has 0 saturated heterocycles. The van der Waals surface area contributed by atoms with Gasteiger partial charge < -0.3 is 9.84 Å². The average molecular weight is 394 g/mol. The van der Waals surface area contributed by atoms with Gasteiger partial charge in [0.2, 0.25) is 0 Å². The number of carbonyl (C=O) groups is 1. The van der Waals surface area contributed by atoms with E-state index in [9.17, 15) is 14.9 Å². The first-order chi connectivity index (χ1) is 13.4. The second-order valence-electron chi connectivity index (χ2n) is 6.18. The predicted octanol–water partition coefficient (Wildman–Crippen LogP) is 4.73. The van der Waals surface area contributed by atoms with Crippen molar-refractivity contribution in [2.45, 2.75) is 13.8 Å². The van der Waals surface area contributed by atoms with Crippen LogP contribution in [0.4, 0.5) is 11.4 Å². The van der Waals surface area contributed by atoms with Crippen molar-refractivity contribution in [3.63, 3.8) is 0 Å². The van der Waals surface area contributed by atoms with Crippen LogP contribution in [-0.2, 0) is 0 Å². The second-order valence-corrected chi connectivity index (χ2v) is 7.46. The molecular weight excluding hydrogens is 380 g/mol. The molecule has 0 bridgehead atoms. The zero-order valence-corrected chi connectivity index (χ0v) is 15.7. The number of aryl methyl sites for hydroxylation is 2. The minimum atomic E-state index is -0.512. The Kier molecular flexibility index (Phi) is 4.36. The van der Waals surface area contributed by atoms with Crippen LogP contribution < -0.4 is 5.32 Å². The third kappa shape index (κ3) is 3.23. The zero-order chi connectivity index (χ0) is 19.8. The van der Waals surface area contributed by atoms with Gasteiger partial charge in [-0.15, -0.1) is 11.3 Å². The summed E-state index contributed by atoms with van der Waals surface area (Å²) in [6, 6.07) is 11.4. The molecule has 0 aliphatic rings. The molecule has 0 radical (unpaired) electrons. The standard InChI is InChI=1S/C19H14N4O4S/c1-10-6-7-16(28-10)15-9-14(17-11(2)22-27-19(17)21-15)18(24)20-12-4-3-5-13(8-12)23(25)26/h3-9H,1-2H3,(H,20,24). The van der Waals surface area contributed by atoms with Crippen molar-refractivity contribution in [3.05, 3.63) is 68.7 Å². The Labute approximate surface area is 163 Å². The number of hydrogen-bond acceptors (Lipinski definition) is 7. The Balaban J connectivity index is 1.78. The lowest BCUT2D eigenvalue weighted by Gasteiger charge is -2.07. The highest BCUT2D eigenvalue weighted by molar-refractivity contribution is 7.15. The molecule has 140 valence electrons. The van der Waals surface area contributed by atoms with Gasteiger partial charge in [0.05, 0.1) is 32.1 Å². The number of aromatic nitrogens is 2. The summed E-state index contributed by atoms with van der Waals surface area (Å²) >= 11 is 1.55. The topological polar surface area (TPSA) is 111 Å². The number of nitro benzene ring substituents is 1. The monoisotopic (exact) mass is 394 g/mol. The van der Waals surface area contributed by atoms with Gasteiger partial charge in [0.25, 0.3) is 17.3 Å². The van der Waals surface area contributed by atoms with Gasteiger partial charge in [0.15, 0.2) is 0 Å². The first-order valence-electron chi connectivity index (χ1n) is 8.32. The third-order valence-corrected chi connectivity index (χ3v) is 5.19. The van der Waals surface area contributed by atoms with Crippen LogP contribution in [0.3, 0.4) is 0 Å². The molecular formula is C19H14N4O4S. The second kappa shape index (κ2) is 6.86. The average Bonchev–Trinajstić information content (AvgIpc) is 3.27. The lowest BCUT2D eigenvalue weighted by molar-refractivity contribution is -0.384. The summed E-state index contributed by atoms with van der Waals surface area (Å²) in [4.78, 5) is 29.9. The number of anilines is 1. The number of nitrogens with zero attached hydrogens (tertiary/aromatic N) is 3. The molecule has 8 nitrogen and oxygen atoms in total. The molecule has 1 aromatic carbocycles. The molecule has 4 aromatic rings. The smallest absolute Gasteiger partial charge is 0.271 e. The first-order valence-corrected chi connectivity index (χ1v) is 9.13. The summed E-state index contributed by atoms with van der Waals surface area (Å²) in [5.74, 6) is -0.422. The van der Waals surface area contributed by atoms with Crippen LogP contribution in [0, 0.1) is 24.0 Å². The summed E-state index contributed by atoms with van der Waals surface area (Å²) in [6.07, 6.45) is 0. The number of rotatable bonds is 4. The molecule has 28 heavy (non-hydrogen) atoms. The number of thiophene rings is 1. The SMILES string of the molecule is Cc1ccc(-c2cc(C(=O)Nc3cccc([N+](=O)[O-])c3)c3c(C)noc3n2)s1. The summed E-state index contributed by atoms with van der Waals surface area (Å²) < 4.78 is 5.28. The van der Waals surface area contributed by atoms with E-state index in [4.69, 9.17) is 4.52 Å². The van der Waals surface area contributed by atoms with Gasteiger partial charge in [0.1, 0.15) is 0 Å². The van der Waals surface area contributed by atoms with Crippen LogP contribution in [0.1, 0.15) is 20.9 Å². The molecule has 3 heterocycles. The number of pyridine rings is 1. The zero-order valence-electron chi connectivity index (χ0n) is 14.9. The normalized spacial score (nSPS) is 10.9. The largest absolute Gasteiger partial charge is 0.335 e. The molecule has 0 fully saturated rings. The van der Waals surface area contributed by atoms with Crippen LogP contribution in [0.25, 0.3) is 21.7 Å². The molecule has 0 saturated carbocycles. The van der Waals surface area contributed by atoms with Crippen LogP contribution in [0.5, 0.6) is 0 Å². The fourth-order valence-corrected chi connectivity index (χ4v) is 3.70. The summed E-state index contributed by atoms with van der Waals surface area (Å²) in [7, 11) is 0. The fraction of sp³-hybridized carbons (Fsp3) is 0.105. The molecule has 3 aromatic heterocycles. The number of hydrogen-bond donors (Lipinski definition) is 1. The minimum Gasteiger partial charge on any atom is -0.335 e. The first kappa shape index (κ1) is 17.8. The van der Waals surface area contributed by atoms with E-state index < -0.39 is 10.8 Å². The van der Waals surface area contributed by atoms with Crippen molar-refractivity contribution in [1.29, 1.82) is 0 Å². The number of nitro groups is 1. The maximum Gasteiger partial charge on any atom is 0.271 e. The molecule has 0 spiro atoms. The fourth-order valence-electron chi connectivity index (χ4n) is 2.87. The van der Waals surface area contributed by atoms with Crippen molar-refractivity contribution < 1.29 is 14.2 Å². The highest BCUT2D eigenvalue weighted by Crippen LogP contribution is 2.31. The van der Waals surface area contributed by atoms with E-state index in [1.807, 2.05) is 19.1 Å². The van der Waals surface area contributed by atoms with Gasteiger partial charge in [-0.25, -0.2) is 4.98 Å². The Hall–Kier alpha value is -3.59. The van der Waals surface area contributed by atoms with E-state index in [1.165, 1.54) is 18.2 Å². The summed E-state index contributed by atoms with van der Waals surface area (Å²) in [5, 5.41) is 18.1. The predicted molar refractivity (Wildman–Crippen MR) is 106 cm³/mol. The molecule has 0 unspecified atom stereocenters. The van der Waals surface area contributed by atoms with E-state index in [2.05, 4.69) is 15.5 Å². The van der Waals surface area contributed by atoms with Crippen LogP contribution >= 0.6 is 11.3 Å². The van der Waals surface area contributed by atoms with Gasteiger partial charge >= 0.3 is 0 Å². The van der Waals surface area contributed by atoms with Crippen molar-refractivity contribution in [3.8, 4) is 10.6 Å². The van der Waals surface area contributed by atoms with Crippen LogP contribution in [0.15, 0.2) is 47.0 Å². The number of nitrogens with one attached hydrogen (secondary N) is 1. The third-order valence-electron chi connectivity index (χ3n) is 4.17. The highest BCUT2D eigenvalue weighted by Gasteiger charge is 2.20. The quantitative estimate of drug-likeness (QED) is 0.396. The lowest BCUT2D eigenvalue weighted by atomic mass is 10.1. The van der Waals surface area contributed by atoms with E-state index in [-0.39, 0.29) is 11.4 Å². The van der Waals surface area contributed by atoms with Gasteiger partial charge in [-0.3, -0.25) is 14.9 Å². The van der Waals surface area contributed by atoms with Crippen molar-refractivity contribution in [2.24, 2.45) is 0 Å².